The summed E-state index contributed by atoms with van der Waals surface area (Å²) < 4.78 is 0. The third kappa shape index (κ3) is 3.46. The highest BCUT2D eigenvalue weighted by molar-refractivity contribution is 5.76. The number of nitrogens with one attached hydrogen (secondary N) is 1. The maximum atomic E-state index is 11.4. The van der Waals surface area contributed by atoms with Crippen LogP contribution in [0.25, 0.3) is 0 Å². The van der Waals surface area contributed by atoms with Crippen molar-refractivity contribution in [1.29, 1.82) is 0 Å². The predicted molar refractivity (Wildman–Crippen MR) is 76.8 cm³/mol. The summed E-state index contributed by atoms with van der Waals surface area (Å²) in [6.07, 6.45) is 2.48. The van der Waals surface area contributed by atoms with Gasteiger partial charge < -0.3 is 10.2 Å². The Labute approximate surface area is 117 Å². The minimum absolute atomic E-state index is 0.0700. The topological polar surface area (TPSA) is 75.5 Å². The molecule has 1 atom stereocenters. The van der Waals surface area contributed by atoms with Crippen LogP contribution in [0.15, 0.2) is 24.3 Å². The zero-order chi connectivity index (χ0) is 14.5. The molecule has 1 fully saturated rings. The van der Waals surface area contributed by atoms with E-state index in [0.717, 1.165) is 31.6 Å². The summed E-state index contributed by atoms with van der Waals surface area (Å²) in [6.45, 7) is 3.51. The van der Waals surface area contributed by atoms with Crippen LogP contribution < -0.4 is 10.2 Å². The molecule has 1 N–H and O–H groups in total. The van der Waals surface area contributed by atoms with Crippen molar-refractivity contribution in [2.24, 2.45) is 0 Å². The summed E-state index contributed by atoms with van der Waals surface area (Å²) in [5.41, 5.74) is 1.06. The highest BCUT2D eigenvalue weighted by atomic mass is 16.6. The van der Waals surface area contributed by atoms with E-state index in [1.165, 1.54) is 12.1 Å². The van der Waals surface area contributed by atoms with Gasteiger partial charge in [-0.05, 0) is 25.0 Å². The summed E-state index contributed by atoms with van der Waals surface area (Å²) in [6, 6.07) is 6.73. The van der Waals surface area contributed by atoms with E-state index in [0.29, 0.717) is 6.42 Å². The van der Waals surface area contributed by atoms with E-state index in [1.807, 2.05) is 6.92 Å². The molecule has 1 amide bonds. The second-order valence-corrected chi connectivity index (χ2v) is 4.98. The number of hydrogen-bond donors (Lipinski definition) is 1. The number of piperidine rings is 1. The average molecular weight is 277 g/mol. The lowest BCUT2D eigenvalue weighted by molar-refractivity contribution is -0.384. The first kappa shape index (κ1) is 14.3. The lowest BCUT2D eigenvalue weighted by Gasteiger charge is -2.34. The van der Waals surface area contributed by atoms with Gasteiger partial charge in [0, 0.05) is 43.4 Å². The third-order valence-electron chi connectivity index (χ3n) is 3.53. The van der Waals surface area contributed by atoms with Crippen LogP contribution in [0.2, 0.25) is 0 Å². The molecule has 1 aromatic rings. The number of carbonyl (C=O) groups excluding carboxylic acids is 1. The van der Waals surface area contributed by atoms with E-state index in [1.54, 1.807) is 12.1 Å². The molecule has 6 heteroatoms. The molecule has 1 aliphatic rings. The minimum Gasteiger partial charge on any atom is -0.369 e. The van der Waals surface area contributed by atoms with E-state index in [4.69, 9.17) is 0 Å². The Morgan fingerprint density at radius 1 is 1.45 bits per heavy atom. The maximum Gasteiger partial charge on any atom is 0.269 e. The van der Waals surface area contributed by atoms with Gasteiger partial charge in [-0.3, -0.25) is 14.9 Å². The first-order chi connectivity index (χ1) is 9.60. The second kappa shape index (κ2) is 6.36. The van der Waals surface area contributed by atoms with Crippen LogP contribution in [0.3, 0.4) is 0 Å². The Morgan fingerprint density at radius 2 is 2.15 bits per heavy atom. The Morgan fingerprint density at radius 3 is 2.75 bits per heavy atom. The van der Waals surface area contributed by atoms with Gasteiger partial charge in [-0.25, -0.2) is 0 Å². The first-order valence-corrected chi connectivity index (χ1v) is 6.89. The van der Waals surface area contributed by atoms with Crippen LogP contribution in [0.1, 0.15) is 26.2 Å². The molecule has 6 nitrogen and oxygen atoms in total. The Kier molecular flexibility index (Phi) is 4.55. The average Bonchev–Trinajstić information content (AvgIpc) is 2.47. The van der Waals surface area contributed by atoms with E-state index in [-0.39, 0.29) is 17.6 Å². The van der Waals surface area contributed by atoms with E-state index < -0.39 is 4.92 Å². The third-order valence-corrected chi connectivity index (χ3v) is 3.53. The SMILES string of the molecule is CCC(=O)NC1CCCN(c2ccc([N+](=O)[O-])cc2)C1. The number of nitro benzene ring substituents is 1. The molecule has 108 valence electrons. The van der Waals surface area contributed by atoms with Gasteiger partial charge in [0.15, 0.2) is 0 Å². The van der Waals surface area contributed by atoms with Crippen molar-refractivity contribution < 1.29 is 9.72 Å². The number of anilines is 1. The van der Waals surface area contributed by atoms with Crippen molar-refractivity contribution >= 4 is 17.3 Å². The van der Waals surface area contributed by atoms with E-state index >= 15 is 0 Å². The Hall–Kier alpha value is -2.11. The molecular formula is C14H19N3O3. The van der Waals surface area contributed by atoms with Crippen molar-refractivity contribution in [3.05, 3.63) is 34.4 Å². The van der Waals surface area contributed by atoms with Gasteiger partial charge in [0.2, 0.25) is 5.91 Å². The molecule has 0 saturated carbocycles. The van der Waals surface area contributed by atoms with Crippen molar-refractivity contribution in [3.8, 4) is 0 Å². The van der Waals surface area contributed by atoms with Gasteiger partial charge in [0.1, 0.15) is 0 Å². The first-order valence-electron chi connectivity index (χ1n) is 6.89. The van der Waals surface area contributed by atoms with Crippen LogP contribution in [-0.4, -0.2) is 30.0 Å². The van der Waals surface area contributed by atoms with Crippen molar-refractivity contribution in [2.75, 3.05) is 18.0 Å². The van der Waals surface area contributed by atoms with E-state index in [9.17, 15) is 14.9 Å². The number of non-ortho nitro benzene ring substituents is 1. The predicted octanol–water partition coefficient (Wildman–Crippen LogP) is 2.09. The van der Waals surface area contributed by atoms with Crippen molar-refractivity contribution in [1.82, 2.24) is 5.32 Å². The highest BCUT2D eigenvalue weighted by Crippen LogP contribution is 2.22. The van der Waals surface area contributed by atoms with Gasteiger partial charge in [0.05, 0.1) is 4.92 Å². The molecule has 1 heterocycles. The van der Waals surface area contributed by atoms with Crippen LogP contribution in [0.4, 0.5) is 11.4 Å². The zero-order valence-electron chi connectivity index (χ0n) is 11.5. The number of amides is 1. The fourth-order valence-corrected chi connectivity index (χ4v) is 2.44. The molecule has 1 aliphatic heterocycles. The number of carbonyl (C=O) groups is 1. The smallest absolute Gasteiger partial charge is 0.269 e. The van der Waals surface area contributed by atoms with Gasteiger partial charge in [-0.2, -0.15) is 0 Å². The Balaban J connectivity index is 2.01. The zero-order valence-corrected chi connectivity index (χ0v) is 11.5. The molecule has 1 unspecified atom stereocenters. The lowest BCUT2D eigenvalue weighted by atomic mass is 10.0. The normalized spacial score (nSPS) is 18.6. The molecule has 20 heavy (non-hydrogen) atoms. The molecule has 0 spiro atoms. The number of hydrogen-bond acceptors (Lipinski definition) is 4. The summed E-state index contributed by atoms with van der Waals surface area (Å²) in [4.78, 5) is 23.8. The number of nitro groups is 1. The molecule has 0 bridgehead atoms. The quantitative estimate of drug-likeness (QED) is 0.675. The molecule has 0 aliphatic carbocycles. The standard InChI is InChI=1S/C14H19N3O3/c1-2-14(18)15-11-4-3-9-16(10-11)12-5-7-13(8-6-12)17(19)20/h5-8,11H,2-4,9-10H2,1H3,(H,15,18). The molecule has 2 rings (SSSR count). The maximum absolute atomic E-state index is 11.4. The summed E-state index contributed by atoms with van der Waals surface area (Å²) in [7, 11) is 0. The highest BCUT2D eigenvalue weighted by Gasteiger charge is 2.21. The number of nitrogens with zero attached hydrogens (tertiary/aromatic N) is 2. The van der Waals surface area contributed by atoms with Gasteiger partial charge in [-0.15, -0.1) is 0 Å². The fourth-order valence-electron chi connectivity index (χ4n) is 2.44. The molecule has 1 aromatic carbocycles. The molecule has 1 saturated heterocycles. The minimum atomic E-state index is -0.399. The largest absolute Gasteiger partial charge is 0.369 e. The van der Waals surface area contributed by atoms with Crippen molar-refractivity contribution in [3.63, 3.8) is 0 Å². The fraction of sp³-hybridized carbons (Fsp3) is 0.500. The van der Waals surface area contributed by atoms with Gasteiger partial charge >= 0.3 is 0 Å². The summed E-state index contributed by atoms with van der Waals surface area (Å²) >= 11 is 0. The number of rotatable bonds is 4. The van der Waals surface area contributed by atoms with Gasteiger partial charge in [0.25, 0.3) is 5.69 Å². The summed E-state index contributed by atoms with van der Waals surface area (Å²) in [5.74, 6) is 0.0700. The monoisotopic (exact) mass is 277 g/mol. The van der Waals surface area contributed by atoms with Crippen LogP contribution in [0, 0.1) is 10.1 Å². The van der Waals surface area contributed by atoms with Crippen LogP contribution in [-0.2, 0) is 4.79 Å². The number of benzene rings is 1. The molecule has 0 radical (unpaired) electrons. The van der Waals surface area contributed by atoms with Crippen LogP contribution in [0.5, 0.6) is 0 Å². The second-order valence-electron chi connectivity index (χ2n) is 4.98. The van der Waals surface area contributed by atoms with Crippen molar-refractivity contribution in [2.45, 2.75) is 32.2 Å². The van der Waals surface area contributed by atoms with Gasteiger partial charge in [-0.1, -0.05) is 6.92 Å². The Bertz CT molecular complexity index is 487. The van der Waals surface area contributed by atoms with Crippen LogP contribution >= 0.6 is 0 Å². The molecule has 0 aromatic heterocycles. The molecular weight excluding hydrogens is 258 g/mol. The lowest BCUT2D eigenvalue weighted by Crippen LogP contribution is -2.47. The van der Waals surface area contributed by atoms with E-state index in [2.05, 4.69) is 10.2 Å². The summed E-state index contributed by atoms with van der Waals surface area (Å²) in [5, 5.41) is 13.6.